The number of aliphatic carboxylic acids is 1. The van der Waals surface area contributed by atoms with Crippen molar-refractivity contribution in [3.63, 3.8) is 0 Å². The summed E-state index contributed by atoms with van der Waals surface area (Å²) in [5.41, 5.74) is 3.34. The third kappa shape index (κ3) is 4.49. The van der Waals surface area contributed by atoms with Crippen LogP contribution in [0.25, 0.3) is 11.3 Å². The highest BCUT2D eigenvalue weighted by atomic mass is 35.5. The Balaban J connectivity index is 1.95. The van der Waals surface area contributed by atoms with Crippen molar-refractivity contribution >= 4 is 35.0 Å². The highest BCUT2D eigenvalue weighted by molar-refractivity contribution is 6.31. The van der Waals surface area contributed by atoms with Gasteiger partial charge in [-0.25, -0.2) is 4.98 Å². The summed E-state index contributed by atoms with van der Waals surface area (Å²) in [5, 5.41) is 15.4. The van der Waals surface area contributed by atoms with Gasteiger partial charge in [-0.1, -0.05) is 48.0 Å². The monoisotopic (exact) mass is 368 g/mol. The molecule has 0 saturated heterocycles. The Morgan fingerprint density at radius 1 is 1.12 bits per heavy atom. The van der Waals surface area contributed by atoms with Crippen molar-refractivity contribution in [2.75, 3.05) is 17.2 Å². The number of carboxylic acid groups (broad SMARTS) is 1. The minimum Gasteiger partial charge on any atom is -0.480 e. The maximum atomic E-state index is 10.8. The number of halogens is 1. The predicted octanol–water partition coefficient (Wildman–Crippen LogP) is 4.35. The van der Waals surface area contributed by atoms with Crippen LogP contribution in [0, 0.1) is 6.92 Å². The Kier molecular flexibility index (Phi) is 5.34. The fraction of sp³-hybridized carbons (Fsp3) is 0.105. The Labute approximate surface area is 155 Å². The van der Waals surface area contributed by atoms with Crippen LogP contribution in [0.2, 0.25) is 5.02 Å². The van der Waals surface area contributed by atoms with E-state index in [1.807, 2.05) is 55.5 Å². The van der Waals surface area contributed by atoms with Crippen LogP contribution < -0.4 is 10.6 Å². The molecule has 132 valence electrons. The van der Waals surface area contributed by atoms with Gasteiger partial charge in [0.2, 0.25) is 5.95 Å². The van der Waals surface area contributed by atoms with Gasteiger partial charge in [-0.3, -0.25) is 4.79 Å². The van der Waals surface area contributed by atoms with Crippen molar-refractivity contribution in [2.45, 2.75) is 6.92 Å². The van der Waals surface area contributed by atoms with Gasteiger partial charge in [0.25, 0.3) is 0 Å². The lowest BCUT2D eigenvalue weighted by atomic mass is 10.1. The van der Waals surface area contributed by atoms with Gasteiger partial charge in [0.1, 0.15) is 12.4 Å². The Morgan fingerprint density at radius 2 is 1.88 bits per heavy atom. The van der Waals surface area contributed by atoms with Gasteiger partial charge in [-0.2, -0.15) is 4.98 Å². The number of aromatic nitrogens is 2. The molecule has 0 bridgehead atoms. The lowest BCUT2D eigenvalue weighted by Gasteiger charge is -2.11. The molecule has 0 radical (unpaired) electrons. The van der Waals surface area contributed by atoms with E-state index >= 15 is 0 Å². The van der Waals surface area contributed by atoms with E-state index in [-0.39, 0.29) is 12.5 Å². The molecule has 3 N–H and O–H groups in total. The average molecular weight is 369 g/mol. The number of nitrogens with one attached hydrogen (secondary N) is 2. The second kappa shape index (κ2) is 7.84. The number of rotatable bonds is 6. The second-order valence-corrected chi connectivity index (χ2v) is 6.07. The molecule has 26 heavy (non-hydrogen) atoms. The molecular weight excluding hydrogens is 352 g/mol. The summed E-state index contributed by atoms with van der Waals surface area (Å²) in [6, 6.07) is 17.0. The van der Waals surface area contributed by atoms with Crippen LogP contribution in [0.4, 0.5) is 17.5 Å². The molecule has 0 aliphatic carbocycles. The Hall–Kier alpha value is -3.12. The molecule has 0 fully saturated rings. The largest absolute Gasteiger partial charge is 0.480 e. The van der Waals surface area contributed by atoms with Crippen LogP contribution in [0.5, 0.6) is 0 Å². The number of hydrogen-bond donors (Lipinski definition) is 3. The summed E-state index contributed by atoms with van der Waals surface area (Å²) in [6.07, 6.45) is 0. The van der Waals surface area contributed by atoms with Crippen LogP contribution in [0.1, 0.15) is 5.56 Å². The van der Waals surface area contributed by atoms with Gasteiger partial charge in [-0.05, 0) is 24.6 Å². The van der Waals surface area contributed by atoms with Crippen molar-refractivity contribution in [3.05, 3.63) is 65.2 Å². The highest BCUT2D eigenvalue weighted by Gasteiger charge is 2.09. The third-order valence-electron chi connectivity index (χ3n) is 3.64. The van der Waals surface area contributed by atoms with E-state index in [4.69, 9.17) is 16.7 Å². The number of aryl methyl sites for hydroxylation is 1. The van der Waals surface area contributed by atoms with Crippen LogP contribution >= 0.6 is 11.6 Å². The molecule has 3 rings (SSSR count). The Bertz CT molecular complexity index is 932. The van der Waals surface area contributed by atoms with E-state index in [1.54, 1.807) is 6.07 Å². The molecule has 1 aromatic heterocycles. The lowest BCUT2D eigenvalue weighted by molar-refractivity contribution is -0.134. The standard InChI is InChI=1S/C19H17ClN4O2/c1-12-7-8-14(9-15(12)20)22-17-10-16(13-5-3-2-4-6-13)23-19(24-17)21-11-18(25)26/h2-10H,11H2,1H3,(H,25,26)(H2,21,22,23,24). The molecule has 0 amide bonds. The number of benzene rings is 2. The quantitative estimate of drug-likeness (QED) is 0.599. The molecule has 0 saturated carbocycles. The first-order chi connectivity index (χ1) is 12.5. The zero-order chi connectivity index (χ0) is 18.5. The van der Waals surface area contributed by atoms with Crippen LogP contribution in [-0.4, -0.2) is 27.6 Å². The number of anilines is 3. The molecule has 3 aromatic rings. The predicted molar refractivity (Wildman–Crippen MR) is 103 cm³/mol. The first-order valence-electron chi connectivity index (χ1n) is 7.94. The molecule has 0 atom stereocenters. The number of nitrogens with zero attached hydrogens (tertiary/aromatic N) is 2. The average Bonchev–Trinajstić information content (AvgIpc) is 2.64. The van der Waals surface area contributed by atoms with Gasteiger partial charge in [0.15, 0.2) is 0 Å². The number of hydrogen-bond acceptors (Lipinski definition) is 5. The molecule has 0 aliphatic rings. The zero-order valence-electron chi connectivity index (χ0n) is 14.0. The summed E-state index contributed by atoms with van der Waals surface area (Å²) in [6.45, 7) is 1.66. The van der Waals surface area contributed by atoms with E-state index in [0.717, 1.165) is 16.8 Å². The topological polar surface area (TPSA) is 87.1 Å². The van der Waals surface area contributed by atoms with E-state index < -0.39 is 5.97 Å². The summed E-state index contributed by atoms with van der Waals surface area (Å²) in [4.78, 5) is 19.6. The fourth-order valence-electron chi connectivity index (χ4n) is 2.32. The van der Waals surface area contributed by atoms with Crippen LogP contribution in [-0.2, 0) is 4.79 Å². The Morgan fingerprint density at radius 3 is 2.58 bits per heavy atom. The smallest absolute Gasteiger partial charge is 0.322 e. The highest BCUT2D eigenvalue weighted by Crippen LogP contribution is 2.26. The van der Waals surface area contributed by atoms with E-state index in [9.17, 15) is 4.79 Å². The second-order valence-electron chi connectivity index (χ2n) is 5.66. The number of carboxylic acids is 1. The third-order valence-corrected chi connectivity index (χ3v) is 4.04. The van der Waals surface area contributed by atoms with Crippen molar-refractivity contribution < 1.29 is 9.90 Å². The number of carbonyl (C=O) groups is 1. The maximum Gasteiger partial charge on any atom is 0.322 e. The molecular formula is C19H17ClN4O2. The summed E-state index contributed by atoms with van der Waals surface area (Å²) >= 11 is 6.17. The minimum atomic E-state index is -0.987. The first-order valence-corrected chi connectivity index (χ1v) is 8.32. The van der Waals surface area contributed by atoms with Crippen molar-refractivity contribution in [1.29, 1.82) is 0 Å². The van der Waals surface area contributed by atoms with E-state index in [1.165, 1.54) is 0 Å². The van der Waals surface area contributed by atoms with Crippen LogP contribution in [0.3, 0.4) is 0 Å². The molecule has 0 unspecified atom stereocenters. The molecule has 1 heterocycles. The normalized spacial score (nSPS) is 10.4. The summed E-state index contributed by atoms with van der Waals surface area (Å²) < 4.78 is 0. The van der Waals surface area contributed by atoms with Gasteiger partial charge >= 0.3 is 5.97 Å². The first kappa shape index (κ1) is 17.7. The maximum absolute atomic E-state index is 10.8. The van der Waals surface area contributed by atoms with E-state index in [0.29, 0.717) is 16.5 Å². The minimum absolute atomic E-state index is 0.231. The summed E-state index contributed by atoms with van der Waals surface area (Å²) in [5.74, 6) is -0.223. The lowest BCUT2D eigenvalue weighted by Crippen LogP contribution is -2.15. The van der Waals surface area contributed by atoms with Crippen LogP contribution in [0.15, 0.2) is 54.6 Å². The molecule has 2 aromatic carbocycles. The van der Waals surface area contributed by atoms with Gasteiger partial charge in [0, 0.05) is 22.3 Å². The van der Waals surface area contributed by atoms with E-state index in [2.05, 4.69) is 20.6 Å². The fourth-order valence-corrected chi connectivity index (χ4v) is 2.50. The van der Waals surface area contributed by atoms with Crippen molar-refractivity contribution in [3.8, 4) is 11.3 Å². The van der Waals surface area contributed by atoms with Crippen molar-refractivity contribution in [2.24, 2.45) is 0 Å². The molecule has 0 aliphatic heterocycles. The molecule has 7 heteroatoms. The van der Waals surface area contributed by atoms with Gasteiger partial charge < -0.3 is 15.7 Å². The summed E-state index contributed by atoms with van der Waals surface area (Å²) in [7, 11) is 0. The molecule has 0 spiro atoms. The van der Waals surface area contributed by atoms with Gasteiger partial charge in [-0.15, -0.1) is 0 Å². The SMILES string of the molecule is Cc1ccc(Nc2cc(-c3ccccc3)nc(NCC(=O)O)n2)cc1Cl. The van der Waals surface area contributed by atoms with Crippen molar-refractivity contribution in [1.82, 2.24) is 9.97 Å². The zero-order valence-corrected chi connectivity index (χ0v) is 14.8. The molecule has 6 nitrogen and oxygen atoms in total. The van der Waals surface area contributed by atoms with Gasteiger partial charge in [0.05, 0.1) is 5.69 Å².